The number of unbranched alkanes of at least 4 members (excludes halogenated alkanes) is 2. The van der Waals surface area contributed by atoms with Crippen LogP contribution >= 0.6 is 11.6 Å². The number of fused-ring (bicyclic) bond motifs is 1. The van der Waals surface area contributed by atoms with E-state index in [1.807, 2.05) is 13.0 Å². The van der Waals surface area contributed by atoms with Crippen molar-refractivity contribution >= 4 is 28.2 Å². The molecule has 308 valence electrons. The van der Waals surface area contributed by atoms with Crippen LogP contribution in [0.1, 0.15) is 144 Å². The topological polar surface area (TPSA) is 37.4 Å². The highest BCUT2D eigenvalue weighted by atomic mass is 35.5. The van der Waals surface area contributed by atoms with E-state index in [0.717, 1.165) is 63.7 Å². The number of benzene rings is 1. The summed E-state index contributed by atoms with van der Waals surface area (Å²) in [6, 6.07) is 6.18. The minimum absolute atomic E-state index is 0.0849. The minimum atomic E-state index is -4.29. The first kappa shape index (κ1) is 53.1. The lowest BCUT2D eigenvalue weighted by Crippen LogP contribution is -2.22. The molecule has 0 spiro atoms. The van der Waals surface area contributed by atoms with Crippen molar-refractivity contribution in [2.24, 2.45) is 4.99 Å². The number of aliphatic imine (C=N–C) groups is 1. The zero-order valence-corrected chi connectivity index (χ0v) is 35.3. The van der Waals surface area contributed by atoms with E-state index in [0.29, 0.717) is 18.0 Å². The third-order valence-electron chi connectivity index (χ3n) is 7.90. The fraction of sp³-hybridized carbons (Fsp3) is 0.568. The molecule has 0 aliphatic heterocycles. The number of ether oxygens (including phenoxy) is 1. The van der Waals surface area contributed by atoms with Crippen LogP contribution in [0.2, 0.25) is 5.02 Å². The Morgan fingerprint density at radius 2 is 1.44 bits per heavy atom. The molecule has 0 fully saturated rings. The summed E-state index contributed by atoms with van der Waals surface area (Å²) in [5.41, 5.74) is 5.42. The summed E-state index contributed by atoms with van der Waals surface area (Å²) >= 11 is 6.30. The Bertz CT molecular complexity index is 1470. The Kier molecular flexibility index (Phi) is 28.8. The lowest BCUT2D eigenvalue weighted by molar-refractivity contribution is -0.0909. The number of nitrogens with one attached hydrogen (secondary N) is 1. The molecule has 2 aromatic rings. The predicted molar refractivity (Wildman–Crippen MR) is 222 cm³/mol. The molecular formula is C44H67ClF6N2O. The summed E-state index contributed by atoms with van der Waals surface area (Å²) in [6.45, 7) is 27.7. The normalized spacial score (nSPS) is 13.1. The second-order valence-electron chi connectivity index (χ2n) is 12.9. The first-order chi connectivity index (χ1) is 25.3. The van der Waals surface area contributed by atoms with Gasteiger partial charge in [-0.3, -0.25) is 4.99 Å². The molecule has 10 heteroatoms. The van der Waals surface area contributed by atoms with E-state index in [2.05, 4.69) is 95.0 Å². The molecule has 0 radical (unpaired) electrons. The van der Waals surface area contributed by atoms with Gasteiger partial charge in [-0.2, -0.15) is 26.3 Å². The van der Waals surface area contributed by atoms with E-state index >= 15 is 0 Å². The van der Waals surface area contributed by atoms with Gasteiger partial charge >= 0.3 is 12.4 Å². The van der Waals surface area contributed by atoms with E-state index in [9.17, 15) is 26.3 Å². The van der Waals surface area contributed by atoms with Gasteiger partial charge in [-0.05, 0) is 94.5 Å². The van der Waals surface area contributed by atoms with Gasteiger partial charge in [0.05, 0.1) is 0 Å². The maximum atomic E-state index is 12.2. The molecule has 1 atom stereocenters. The predicted octanol–water partition coefficient (Wildman–Crippen LogP) is 16.2. The quantitative estimate of drug-likeness (QED) is 0.0560. The number of aromatic nitrogens is 1. The minimum Gasteiger partial charge on any atom is -0.381 e. The van der Waals surface area contributed by atoms with E-state index in [1.165, 1.54) is 53.1 Å². The van der Waals surface area contributed by atoms with Crippen molar-refractivity contribution in [3.05, 3.63) is 94.4 Å². The summed E-state index contributed by atoms with van der Waals surface area (Å²) in [7, 11) is 0. The maximum absolute atomic E-state index is 12.2. The van der Waals surface area contributed by atoms with Crippen LogP contribution in [0.25, 0.3) is 10.9 Å². The van der Waals surface area contributed by atoms with Crippen LogP contribution in [-0.2, 0) is 11.2 Å². The van der Waals surface area contributed by atoms with E-state index in [4.69, 9.17) is 16.3 Å². The number of hydrogen-bond donors (Lipinski definition) is 1. The molecule has 0 saturated carbocycles. The average Bonchev–Trinajstić information content (AvgIpc) is 3.46. The molecule has 1 heterocycles. The number of nitrogens with zero attached hydrogens (tertiary/aromatic N) is 1. The highest BCUT2D eigenvalue weighted by Gasteiger charge is 2.34. The van der Waals surface area contributed by atoms with Crippen LogP contribution in [-0.4, -0.2) is 36.3 Å². The van der Waals surface area contributed by atoms with Gasteiger partial charge in [0.15, 0.2) is 0 Å². The Hall–Kier alpha value is -3.04. The lowest BCUT2D eigenvalue weighted by Gasteiger charge is -2.15. The van der Waals surface area contributed by atoms with Crippen LogP contribution in [0, 0.1) is 0 Å². The molecule has 0 unspecified atom stereocenters. The number of rotatable bonds is 17. The standard InChI is InChI=1S/C25H34ClN.C9H14F3N.C6H14O.C4H5F3/c1-6-9-11-20(14-13-18(4)8-3)19(5)25-22(12-10-7-2)23-17-21(26)15-16-24(23)27-25;1-4-6-7(3)13-8(5-2)9(10,11)12;1-3-5-7-6-4-2;1-3(2)4(5,6)7/h11,13-17,19,27H,4,6-10,12H2,1-3,5H3;6H,4-5H2,1-3H3;3-6H2,1-2H3;1H2,2H3/b14-13-,20-11+;7-6+,13-8?;;/t19-;;;/m0.../s1. The van der Waals surface area contributed by atoms with Crippen LogP contribution in [0.4, 0.5) is 26.3 Å². The SMILES string of the molecule is C=C(/C=C\C(=C/CCC)[C@H](C)c1[nH]c2ccc(Cl)cc2c1CCCC)CC.C=C(C)C(F)(F)F.CC/C=C(\C)N=C(CC)C(F)(F)F.CCCOCCC. The lowest BCUT2D eigenvalue weighted by atomic mass is 9.90. The molecule has 0 aliphatic carbocycles. The number of halogens is 7. The van der Waals surface area contributed by atoms with Gasteiger partial charge in [0.2, 0.25) is 0 Å². The molecule has 0 saturated heterocycles. The summed E-state index contributed by atoms with van der Waals surface area (Å²) in [5, 5.41) is 2.08. The molecule has 1 aromatic carbocycles. The van der Waals surface area contributed by atoms with Crippen LogP contribution < -0.4 is 0 Å². The fourth-order valence-electron chi connectivity index (χ4n) is 4.72. The van der Waals surface area contributed by atoms with E-state index in [1.54, 1.807) is 13.0 Å². The largest absolute Gasteiger partial charge is 0.429 e. The van der Waals surface area contributed by atoms with Crippen molar-refractivity contribution < 1.29 is 31.1 Å². The van der Waals surface area contributed by atoms with Crippen molar-refractivity contribution in [2.45, 2.75) is 152 Å². The smallest absolute Gasteiger partial charge is 0.381 e. The van der Waals surface area contributed by atoms with E-state index in [-0.39, 0.29) is 6.42 Å². The number of aromatic amines is 1. The van der Waals surface area contributed by atoms with Gasteiger partial charge < -0.3 is 9.72 Å². The maximum Gasteiger partial charge on any atom is 0.429 e. The highest BCUT2D eigenvalue weighted by Crippen LogP contribution is 2.35. The molecule has 0 bridgehead atoms. The van der Waals surface area contributed by atoms with Gasteiger partial charge in [-0.15, -0.1) is 0 Å². The average molecular weight is 789 g/mol. The van der Waals surface area contributed by atoms with Crippen LogP contribution in [0.5, 0.6) is 0 Å². The van der Waals surface area contributed by atoms with Crippen LogP contribution in [0.3, 0.4) is 0 Å². The van der Waals surface area contributed by atoms with Gasteiger partial charge in [0.25, 0.3) is 0 Å². The second kappa shape index (κ2) is 29.3. The first-order valence-corrected chi connectivity index (χ1v) is 19.6. The van der Waals surface area contributed by atoms with E-state index < -0.39 is 23.6 Å². The summed E-state index contributed by atoms with van der Waals surface area (Å²) in [6.07, 6.45) is 9.58. The molecule has 3 nitrogen and oxygen atoms in total. The number of allylic oxidation sites excluding steroid dienone is 8. The van der Waals surface area contributed by atoms with Crippen molar-refractivity contribution in [3.63, 3.8) is 0 Å². The molecular weight excluding hydrogens is 722 g/mol. The Morgan fingerprint density at radius 1 is 0.852 bits per heavy atom. The molecule has 54 heavy (non-hydrogen) atoms. The first-order valence-electron chi connectivity index (χ1n) is 19.3. The fourth-order valence-corrected chi connectivity index (χ4v) is 4.89. The zero-order valence-electron chi connectivity index (χ0n) is 34.5. The third-order valence-corrected chi connectivity index (χ3v) is 8.14. The Morgan fingerprint density at radius 3 is 1.89 bits per heavy atom. The highest BCUT2D eigenvalue weighted by molar-refractivity contribution is 6.31. The number of H-pyrrole nitrogens is 1. The molecule has 0 aliphatic rings. The van der Waals surface area contributed by atoms with Crippen LogP contribution in [0.15, 0.2) is 83.1 Å². The zero-order chi connectivity index (χ0) is 41.9. The van der Waals surface area contributed by atoms with Crippen molar-refractivity contribution in [1.82, 2.24) is 4.98 Å². The van der Waals surface area contributed by atoms with Crippen molar-refractivity contribution in [3.8, 4) is 0 Å². The van der Waals surface area contributed by atoms with Gasteiger partial charge in [0, 0.05) is 52.0 Å². The number of aryl methyl sites for hydroxylation is 1. The summed E-state index contributed by atoms with van der Waals surface area (Å²) in [4.78, 5) is 7.21. The second-order valence-corrected chi connectivity index (χ2v) is 13.4. The summed E-state index contributed by atoms with van der Waals surface area (Å²) in [5.74, 6) is 0.315. The van der Waals surface area contributed by atoms with Gasteiger partial charge in [-0.25, -0.2) is 0 Å². The molecule has 0 amide bonds. The Labute approximate surface area is 327 Å². The van der Waals surface area contributed by atoms with Gasteiger partial charge in [-0.1, -0.05) is 123 Å². The number of alkyl halides is 6. The summed E-state index contributed by atoms with van der Waals surface area (Å²) < 4.78 is 74.9. The third kappa shape index (κ3) is 23.0. The van der Waals surface area contributed by atoms with Crippen molar-refractivity contribution in [2.75, 3.05) is 13.2 Å². The molecule has 2 rings (SSSR count). The van der Waals surface area contributed by atoms with Crippen molar-refractivity contribution in [1.29, 1.82) is 0 Å². The monoisotopic (exact) mass is 788 g/mol. The van der Waals surface area contributed by atoms with Gasteiger partial charge in [0.1, 0.15) is 5.71 Å². The number of hydrogen-bond acceptors (Lipinski definition) is 2. The Balaban J connectivity index is 0. The molecule has 1 aromatic heterocycles. The molecule has 1 N–H and O–H groups in total.